The van der Waals surface area contributed by atoms with Gasteiger partial charge in [0.15, 0.2) is 6.61 Å². The predicted octanol–water partition coefficient (Wildman–Crippen LogP) is 1.79. The fraction of sp³-hybridized carbons (Fsp3) is 0.550. The third kappa shape index (κ3) is 8.57. The number of hydrogen-bond donors (Lipinski definition) is 1. The van der Waals surface area contributed by atoms with Crippen LogP contribution in [-0.4, -0.2) is 56.0 Å². The highest BCUT2D eigenvalue weighted by Gasteiger charge is 2.21. The number of carbonyl (C=O) groups excluding carboxylic acids is 3. The third-order valence-electron chi connectivity index (χ3n) is 4.12. The normalized spacial score (nSPS) is 11.4. The Bertz CT molecular complexity index is 615. The van der Waals surface area contributed by atoms with E-state index in [0.717, 1.165) is 6.42 Å². The Labute approximate surface area is 161 Å². The maximum absolute atomic E-state index is 12.6. The molecule has 1 aromatic rings. The molecule has 0 aliphatic heterocycles. The largest absolute Gasteiger partial charge is 0.484 e. The minimum Gasteiger partial charge on any atom is -0.484 e. The monoisotopic (exact) mass is 378 g/mol. The summed E-state index contributed by atoms with van der Waals surface area (Å²) in [6.45, 7) is 6.23. The van der Waals surface area contributed by atoms with Crippen molar-refractivity contribution in [1.82, 2.24) is 10.2 Å². The van der Waals surface area contributed by atoms with E-state index in [9.17, 15) is 14.4 Å². The van der Waals surface area contributed by atoms with Crippen molar-refractivity contribution in [3.63, 3.8) is 0 Å². The molecule has 0 saturated heterocycles. The number of rotatable bonds is 11. The summed E-state index contributed by atoms with van der Waals surface area (Å²) in [7, 11) is 1.32. The molecule has 1 N–H and O–H groups in total. The van der Waals surface area contributed by atoms with Crippen molar-refractivity contribution in [1.29, 1.82) is 0 Å². The summed E-state index contributed by atoms with van der Waals surface area (Å²) in [5.41, 5.74) is 1.19. The number of nitrogens with one attached hydrogen (secondary N) is 1. The average molecular weight is 378 g/mol. The fourth-order valence-electron chi connectivity index (χ4n) is 2.52. The number of aryl methyl sites for hydroxylation is 1. The predicted molar refractivity (Wildman–Crippen MR) is 102 cm³/mol. The molecule has 1 atom stereocenters. The Hall–Kier alpha value is -2.57. The smallest absolute Gasteiger partial charge is 0.310 e. The van der Waals surface area contributed by atoms with Gasteiger partial charge in [-0.25, -0.2) is 0 Å². The van der Waals surface area contributed by atoms with E-state index in [-0.39, 0.29) is 30.9 Å². The lowest BCUT2D eigenvalue weighted by atomic mass is 10.1. The Morgan fingerprint density at radius 1 is 1.19 bits per heavy atom. The number of ether oxygens (including phenoxy) is 2. The molecule has 0 bridgehead atoms. The Morgan fingerprint density at radius 3 is 2.41 bits per heavy atom. The van der Waals surface area contributed by atoms with Crippen molar-refractivity contribution in [2.24, 2.45) is 5.92 Å². The van der Waals surface area contributed by atoms with Crippen molar-refractivity contribution in [2.45, 2.75) is 33.6 Å². The van der Waals surface area contributed by atoms with Gasteiger partial charge in [0.25, 0.3) is 5.91 Å². The van der Waals surface area contributed by atoms with Gasteiger partial charge in [-0.05, 0) is 30.5 Å². The highest BCUT2D eigenvalue weighted by atomic mass is 16.5. The Balaban J connectivity index is 2.62. The Morgan fingerprint density at radius 2 is 1.85 bits per heavy atom. The second-order valence-corrected chi connectivity index (χ2v) is 6.39. The van der Waals surface area contributed by atoms with Gasteiger partial charge in [0.05, 0.1) is 13.0 Å². The maximum atomic E-state index is 12.6. The van der Waals surface area contributed by atoms with Crippen molar-refractivity contribution >= 4 is 17.8 Å². The zero-order chi connectivity index (χ0) is 20.2. The molecule has 1 aromatic carbocycles. The van der Waals surface area contributed by atoms with Crippen LogP contribution in [0.15, 0.2) is 24.3 Å². The molecule has 1 unspecified atom stereocenters. The lowest BCUT2D eigenvalue weighted by molar-refractivity contribution is -0.146. The summed E-state index contributed by atoms with van der Waals surface area (Å²) in [6.07, 6.45) is 1.52. The number of nitrogens with zero attached hydrogens (tertiary/aromatic N) is 1. The van der Waals surface area contributed by atoms with Gasteiger partial charge in [-0.2, -0.15) is 0 Å². The lowest BCUT2D eigenvalue weighted by Gasteiger charge is -2.25. The summed E-state index contributed by atoms with van der Waals surface area (Å²) in [4.78, 5) is 36.8. The van der Waals surface area contributed by atoms with E-state index in [2.05, 4.69) is 12.2 Å². The lowest BCUT2D eigenvalue weighted by Crippen LogP contribution is -2.41. The first kappa shape index (κ1) is 22.5. The summed E-state index contributed by atoms with van der Waals surface area (Å²) < 4.78 is 10.3. The number of benzene rings is 1. The van der Waals surface area contributed by atoms with E-state index in [4.69, 9.17) is 9.47 Å². The van der Waals surface area contributed by atoms with Gasteiger partial charge in [-0.1, -0.05) is 26.0 Å². The van der Waals surface area contributed by atoms with E-state index >= 15 is 0 Å². The third-order valence-corrected chi connectivity index (χ3v) is 4.12. The first-order valence-corrected chi connectivity index (χ1v) is 9.19. The molecular formula is C20H30N2O5. The number of esters is 1. The van der Waals surface area contributed by atoms with Gasteiger partial charge in [0.1, 0.15) is 5.75 Å². The number of amides is 2. The zero-order valence-corrected chi connectivity index (χ0v) is 16.6. The van der Waals surface area contributed by atoms with E-state index in [0.29, 0.717) is 25.3 Å². The first-order chi connectivity index (χ1) is 12.9. The number of carbonyl (C=O) groups is 3. The van der Waals surface area contributed by atoms with Crippen LogP contribution in [0.5, 0.6) is 5.75 Å². The van der Waals surface area contributed by atoms with Crippen LogP contribution in [-0.2, 0) is 25.5 Å². The molecule has 0 radical (unpaired) electrons. The number of methoxy groups -OCH3 is 1. The summed E-state index contributed by atoms with van der Waals surface area (Å²) in [6, 6.07) is 7.60. The minimum atomic E-state index is -0.441. The molecule has 0 fully saturated rings. The summed E-state index contributed by atoms with van der Waals surface area (Å²) in [5, 5.41) is 2.70. The van der Waals surface area contributed by atoms with Crippen LogP contribution in [0.1, 0.15) is 32.8 Å². The standard InChI is InChI=1S/C20H30N2O5/c1-5-17-7-9-18(10-8-17)27-14-19(24)22(12-6-11-21-16(3)23)13-15(2)20(25)26-4/h7-10,15H,5-6,11-14H2,1-4H3,(H,21,23). The summed E-state index contributed by atoms with van der Waals surface area (Å²) >= 11 is 0. The van der Waals surface area contributed by atoms with Gasteiger partial charge in [-0.15, -0.1) is 0 Å². The van der Waals surface area contributed by atoms with Gasteiger partial charge >= 0.3 is 5.97 Å². The average Bonchev–Trinajstić information content (AvgIpc) is 2.67. The maximum Gasteiger partial charge on any atom is 0.310 e. The number of hydrogen-bond acceptors (Lipinski definition) is 5. The van der Waals surface area contributed by atoms with E-state index < -0.39 is 5.92 Å². The molecule has 7 heteroatoms. The SMILES string of the molecule is CCc1ccc(OCC(=O)N(CCCNC(C)=O)CC(C)C(=O)OC)cc1. The van der Waals surface area contributed by atoms with Gasteiger partial charge < -0.3 is 19.7 Å². The van der Waals surface area contributed by atoms with Crippen LogP contribution >= 0.6 is 0 Å². The first-order valence-electron chi connectivity index (χ1n) is 9.19. The minimum absolute atomic E-state index is 0.112. The van der Waals surface area contributed by atoms with Gasteiger partial charge in [0.2, 0.25) is 5.91 Å². The summed E-state index contributed by atoms with van der Waals surface area (Å²) in [5.74, 6) is -0.517. The second-order valence-electron chi connectivity index (χ2n) is 6.39. The highest BCUT2D eigenvalue weighted by Crippen LogP contribution is 2.13. The molecule has 0 heterocycles. The molecule has 0 saturated carbocycles. The Kier molecular flexibility index (Phi) is 9.93. The van der Waals surface area contributed by atoms with Crippen molar-refractivity contribution in [2.75, 3.05) is 33.4 Å². The van der Waals surface area contributed by atoms with E-state index in [1.807, 2.05) is 24.3 Å². The molecular weight excluding hydrogens is 348 g/mol. The van der Waals surface area contributed by atoms with E-state index in [1.54, 1.807) is 11.8 Å². The van der Waals surface area contributed by atoms with Gasteiger partial charge in [0, 0.05) is 26.6 Å². The zero-order valence-electron chi connectivity index (χ0n) is 16.6. The van der Waals surface area contributed by atoms with Crippen LogP contribution in [0.25, 0.3) is 0 Å². The van der Waals surface area contributed by atoms with Crippen molar-refractivity contribution in [3.8, 4) is 5.75 Å². The molecule has 0 aliphatic rings. The van der Waals surface area contributed by atoms with Crippen LogP contribution < -0.4 is 10.1 Å². The molecule has 150 valence electrons. The van der Waals surface area contributed by atoms with Crippen LogP contribution in [0.2, 0.25) is 0 Å². The molecule has 0 spiro atoms. The topological polar surface area (TPSA) is 84.9 Å². The van der Waals surface area contributed by atoms with Crippen molar-refractivity contribution in [3.05, 3.63) is 29.8 Å². The van der Waals surface area contributed by atoms with Crippen LogP contribution in [0, 0.1) is 5.92 Å². The van der Waals surface area contributed by atoms with Crippen LogP contribution in [0.3, 0.4) is 0 Å². The van der Waals surface area contributed by atoms with Crippen molar-refractivity contribution < 1.29 is 23.9 Å². The highest BCUT2D eigenvalue weighted by molar-refractivity contribution is 5.79. The molecule has 1 rings (SSSR count). The second kappa shape index (κ2) is 11.9. The molecule has 0 aromatic heterocycles. The molecule has 2 amide bonds. The van der Waals surface area contributed by atoms with E-state index in [1.165, 1.54) is 19.6 Å². The fourth-order valence-corrected chi connectivity index (χ4v) is 2.52. The molecule has 0 aliphatic carbocycles. The van der Waals surface area contributed by atoms with Crippen LogP contribution in [0.4, 0.5) is 0 Å². The molecule has 7 nitrogen and oxygen atoms in total. The van der Waals surface area contributed by atoms with Gasteiger partial charge in [-0.3, -0.25) is 14.4 Å². The molecule has 27 heavy (non-hydrogen) atoms. The quantitative estimate of drug-likeness (QED) is 0.469.